The highest BCUT2D eigenvalue weighted by atomic mass is 35.5. The molecular weight excluding hydrogens is 564 g/mol. The maximum absolute atomic E-state index is 15.9. The van der Waals surface area contributed by atoms with Gasteiger partial charge >= 0.3 is 0 Å². The van der Waals surface area contributed by atoms with Crippen LogP contribution in [0.2, 0.25) is 0 Å². The minimum absolute atomic E-state index is 0.107. The van der Waals surface area contributed by atoms with E-state index >= 15 is 8.78 Å². The number of aromatic nitrogens is 4. The number of nitrogens with zero attached hydrogens (tertiary/aromatic N) is 4. The standard InChI is InChI=1S/C33H29ClF4N4/c1-18-6-8-41-23(10-18)16-29(39(41)4)32-25(12-21(35)14-27(32)37)31(20(3)34)26-13-22(36)15-28(38)33(26)30-17-24-11-19(2)7-9-42(24)40(30)5/h6-17,20,31H,1-5H3/q+2. The summed E-state index contributed by atoms with van der Waals surface area (Å²) in [5.74, 6) is -4.22. The van der Waals surface area contributed by atoms with Gasteiger partial charge in [-0.2, -0.15) is 0 Å². The average molecular weight is 593 g/mol. The second-order valence-corrected chi connectivity index (χ2v) is 11.6. The van der Waals surface area contributed by atoms with Gasteiger partial charge in [0, 0.05) is 35.6 Å². The first kappa shape index (κ1) is 28.0. The normalized spacial score (nSPS) is 12.6. The van der Waals surface area contributed by atoms with Crippen LogP contribution in [0, 0.1) is 37.1 Å². The molecule has 0 spiro atoms. The number of rotatable bonds is 5. The van der Waals surface area contributed by atoms with Crippen molar-refractivity contribution in [2.45, 2.75) is 32.1 Å². The molecule has 4 aromatic heterocycles. The molecule has 0 aliphatic heterocycles. The number of fused-ring (bicyclic) bond motifs is 2. The van der Waals surface area contributed by atoms with E-state index < -0.39 is 34.6 Å². The highest BCUT2D eigenvalue weighted by Crippen LogP contribution is 2.43. The molecule has 0 aliphatic rings. The first-order valence-electron chi connectivity index (χ1n) is 13.5. The Morgan fingerprint density at radius 1 is 0.643 bits per heavy atom. The monoisotopic (exact) mass is 592 g/mol. The van der Waals surface area contributed by atoms with Crippen LogP contribution in [-0.4, -0.2) is 14.4 Å². The molecule has 0 saturated carbocycles. The third kappa shape index (κ3) is 4.54. The Labute approximate surface area is 245 Å². The molecule has 0 N–H and O–H groups in total. The van der Waals surface area contributed by atoms with Gasteiger partial charge in [0.1, 0.15) is 34.3 Å². The average Bonchev–Trinajstić information content (AvgIpc) is 3.38. The molecule has 0 aliphatic carbocycles. The number of hydrogen-bond donors (Lipinski definition) is 0. The molecule has 0 bridgehead atoms. The minimum atomic E-state index is -0.985. The topological polar surface area (TPSA) is 16.6 Å². The number of pyridine rings is 2. The van der Waals surface area contributed by atoms with E-state index in [2.05, 4.69) is 0 Å². The second kappa shape index (κ2) is 10.3. The van der Waals surface area contributed by atoms with Gasteiger partial charge in [0.05, 0.1) is 23.5 Å². The van der Waals surface area contributed by atoms with Crippen LogP contribution < -0.4 is 9.36 Å². The Hall–Kier alpha value is -4.17. The molecule has 4 nitrogen and oxygen atoms in total. The van der Waals surface area contributed by atoms with Gasteiger partial charge in [0.2, 0.25) is 11.4 Å². The second-order valence-electron chi connectivity index (χ2n) is 10.9. The predicted octanol–water partition coefficient (Wildman–Crippen LogP) is 7.11. The molecule has 6 aromatic rings. The van der Waals surface area contributed by atoms with Gasteiger partial charge in [0.25, 0.3) is 0 Å². The van der Waals surface area contributed by atoms with Crippen LogP contribution in [0.4, 0.5) is 17.6 Å². The van der Waals surface area contributed by atoms with E-state index in [4.69, 9.17) is 11.6 Å². The van der Waals surface area contributed by atoms with Crippen LogP contribution >= 0.6 is 11.6 Å². The summed E-state index contributed by atoms with van der Waals surface area (Å²) in [4.78, 5) is 0. The third-order valence-electron chi connectivity index (χ3n) is 7.96. The van der Waals surface area contributed by atoms with Crippen molar-refractivity contribution in [1.29, 1.82) is 0 Å². The summed E-state index contributed by atoms with van der Waals surface area (Å²) in [6.45, 7) is 5.56. The van der Waals surface area contributed by atoms with E-state index in [-0.39, 0.29) is 22.3 Å². The summed E-state index contributed by atoms with van der Waals surface area (Å²) >= 11 is 6.81. The van der Waals surface area contributed by atoms with E-state index in [1.165, 1.54) is 12.1 Å². The van der Waals surface area contributed by atoms with Crippen LogP contribution in [-0.2, 0) is 14.1 Å². The molecule has 4 heterocycles. The fourth-order valence-corrected chi connectivity index (χ4v) is 6.32. The lowest BCUT2D eigenvalue weighted by molar-refractivity contribution is -0.727. The number of aryl methyl sites for hydroxylation is 4. The largest absolute Gasteiger partial charge is 0.242 e. The van der Waals surface area contributed by atoms with Crippen molar-refractivity contribution in [1.82, 2.24) is 9.03 Å². The van der Waals surface area contributed by atoms with Crippen molar-refractivity contribution < 1.29 is 26.9 Å². The van der Waals surface area contributed by atoms with Crippen molar-refractivity contribution in [3.8, 4) is 22.5 Å². The Bertz CT molecular complexity index is 1880. The lowest BCUT2D eigenvalue weighted by Gasteiger charge is -2.24. The Balaban J connectivity index is 1.66. The highest BCUT2D eigenvalue weighted by molar-refractivity contribution is 6.21. The van der Waals surface area contributed by atoms with E-state index in [1.807, 2.05) is 59.5 Å². The summed E-state index contributed by atoms with van der Waals surface area (Å²) < 4.78 is 68.9. The lowest BCUT2D eigenvalue weighted by Crippen LogP contribution is -2.37. The molecule has 2 aromatic carbocycles. The fraction of sp³-hybridized carbons (Fsp3) is 0.212. The fourth-order valence-electron chi connectivity index (χ4n) is 6.05. The SMILES string of the molecule is Cc1ccn2c(c1)cc(-c1c(F)cc(F)cc1C(c1cc(F)cc(F)c1-c1cc3cc(C)ccn3[n+]1C)C(C)Cl)[n+]2C. The molecule has 0 radical (unpaired) electrons. The molecule has 0 amide bonds. The molecule has 0 saturated heterocycles. The van der Waals surface area contributed by atoms with Crippen molar-refractivity contribution in [3.63, 3.8) is 0 Å². The van der Waals surface area contributed by atoms with Gasteiger partial charge in [-0.15, -0.1) is 30.0 Å². The lowest BCUT2D eigenvalue weighted by atomic mass is 9.81. The van der Waals surface area contributed by atoms with Crippen LogP contribution in [0.25, 0.3) is 33.5 Å². The van der Waals surface area contributed by atoms with E-state index in [9.17, 15) is 8.78 Å². The molecule has 0 fully saturated rings. The zero-order valence-electron chi connectivity index (χ0n) is 23.8. The van der Waals surface area contributed by atoms with Crippen LogP contribution in [0.1, 0.15) is 35.1 Å². The van der Waals surface area contributed by atoms with Gasteiger partial charge < -0.3 is 0 Å². The van der Waals surface area contributed by atoms with Gasteiger partial charge in [-0.1, -0.05) is 0 Å². The number of benzene rings is 2. The Kier molecular flexibility index (Phi) is 6.84. The summed E-state index contributed by atoms with van der Waals surface area (Å²) in [7, 11) is 3.54. The van der Waals surface area contributed by atoms with Crippen molar-refractivity contribution in [3.05, 3.63) is 119 Å². The summed E-state index contributed by atoms with van der Waals surface area (Å²) in [5.41, 5.74) is 5.15. The van der Waals surface area contributed by atoms with Crippen molar-refractivity contribution in [2.24, 2.45) is 14.1 Å². The van der Waals surface area contributed by atoms with Gasteiger partial charge in [0.15, 0.2) is 14.1 Å². The zero-order chi connectivity index (χ0) is 30.0. The Morgan fingerprint density at radius 2 is 1.05 bits per heavy atom. The van der Waals surface area contributed by atoms with Crippen LogP contribution in [0.15, 0.2) is 73.1 Å². The minimum Gasteiger partial charge on any atom is -0.207 e. The molecular formula is C33H29ClF4N4+2. The molecule has 214 valence electrons. The molecule has 42 heavy (non-hydrogen) atoms. The summed E-state index contributed by atoms with van der Waals surface area (Å²) in [5, 5.41) is -0.806. The highest BCUT2D eigenvalue weighted by Gasteiger charge is 2.35. The molecule has 6 rings (SSSR count). The first-order valence-corrected chi connectivity index (χ1v) is 14.0. The van der Waals surface area contributed by atoms with Gasteiger partial charge in [-0.05, 0) is 79.4 Å². The molecule has 1 unspecified atom stereocenters. The first-order chi connectivity index (χ1) is 19.9. The summed E-state index contributed by atoms with van der Waals surface area (Å²) in [6, 6.07) is 15.4. The quantitative estimate of drug-likeness (QED) is 0.115. The van der Waals surface area contributed by atoms with Crippen molar-refractivity contribution >= 4 is 22.6 Å². The number of alkyl halides is 1. The van der Waals surface area contributed by atoms with Crippen LogP contribution in [0.3, 0.4) is 0 Å². The maximum atomic E-state index is 15.9. The maximum Gasteiger partial charge on any atom is 0.242 e. The number of halogens is 5. The number of hydrogen-bond acceptors (Lipinski definition) is 0. The summed E-state index contributed by atoms with van der Waals surface area (Å²) in [6.07, 6.45) is 3.72. The van der Waals surface area contributed by atoms with Gasteiger partial charge in [-0.25, -0.2) is 17.6 Å². The van der Waals surface area contributed by atoms with Crippen molar-refractivity contribution in [2.75, 3.05) is 0 Å². The van der Waals surface area contributed by atoms with Gasteiger partial charge in [-0.3, -0.25) is 0 Å². The van der Waals surface area contributed by atoms with E-state index in [0.717, 1.165) is 34.3 Å². The molecule has 1 atom stereocenters. The zero-order valence-corrected chi connectivity index (χ0v) is 24.5. The van der Waals surface area contributed by atoms with E-state index in [1.54, 1.807) is 42.5 Å². The van der Waals surface area contributed by atoms with Crippen LogP contribution in [0.5, 0.6) is 0 Å². The third-order valence-corrected chi connectivity index (χ3v) is 8.22. The predicted molar refractivity (Wildman–Crippen MR) is 154 cm³/mol. The molecule has 9 heteroatoms. The Morgan fingerprint density at radius 3 is 1.43 bits per heavy atom. The smallest absolute Gasteiger partial charge is 0.207 e. The van der Waals surface area contributed by atoms with E-state index in [0.29, 0.717) is 11.4 Å².